The lowest BCUT2D eigenvalue weighted by atomic mass is 10.1. The number of nitrogens with one attached hydrogen (secondary N) is 1. The Labute approximate surface area is 138 Å². The van der Waals surface area contributed by atoms with Gasteiger partial charge in [-0.25, -0.2) is 0 Å². The van der Waals surface area contributed by atoms with Crippen LogP contribution in [-0.2, 0) is 13.0 Å². The fourth-order valence-corrected chi connectivity index (χ4v) is 2.59. The van der Waals surface area contributed by atoms with Crippen molar-refractivity contribution in [2.75, 3.05) is 6.61 Å². The largest absolute Gasteiger partial charge is 0.494 e. The predicted molar refractivity (Wildman–Crippen MR) is 93.7 cm³/mol. The van der Waals surface area contributed by atoms with Crippen molar-refractivity contribution in [3.05, 3.63) is 64.7 Å². The SMILES string of the molecule is CCOc1ccc(Cl)cc1CN[C@@H](C)CCc1ccccc1. The van der Waals surface area contributed by atoms with E-state index in [2.05, 4.69) is 42.6 Å². The van der Waals surface area contributed by atoms with Gasteiger partial charge in [-0.3, -0.25) is 0 Å². The third kappa shape index (κ3) is 5.36. The molecule has 0 unspecified atom stereocenters. The highest BCUT2D eigenvalue weighted by molar-refractivity contribution is 6.30. The summed E-state index contributed by atoms with van der Waals surface area (Å²) in [5.41, 5.74) is 2.50. The molecule has 0 aliphatic carbocycles. The molecule has 0 aliphatic rings. The van der Waals surface area contributed by atoms with Crippen LogP contribution in [0.4, 0.5) is 0 Å². The van der Waals surface area contributed by atoms with Crippen LogP contribution in [0.2, 0.25) is 5.02 Å². The third-order valence-corrected chi connectivity index (χ3v) is 3.91. The highest BCUT2D eigenvalue weighted by Gasteiger charge is 2.07. The summed E-state index contributed by atoms with van der Waals surface area (Å²) in [5.74, 6) is 0.912. The first-order valence-electron chi connectivity index (χ1n) is 7.87. The second kappa shape index (κ2) is 8.82. The maximum atomic E-state index is 6.09. The predicted octanol–water partition coefficient (Wildman–Crippen LogP) is 4.85. The molecule has 0 amide bonds. The molecular weight excluding hydrogens is 294 g/mol. The van der Waals surface area contributed by atoms with Crippen molar-refractivity contribution in [3.63, 3.8) is 0 Å². The lowest BCUT2D eigenvalue weighted by Gasteiger charge is -2.16. The quantitative estimate of drug-likeness (QED) is 0.751. The Morgan fingerprint density at radius 3 is 2.64 bits per heavy atom. The van der Waals surface area contributed by atoms with E-state index in [-0.39, 0.29) is 0 Å². The lowest BCUT2D eigenvalue weighted by molar-refractivity contribution is 0.334. The van der Waals surface area contributed by atoms with E-state index in [4.69, 9.17) is 16.3 Å². The molecule has 0 spiro atoms. The Morgan fingerprint density at radius 1 is 1.14 bits per heavy atom. The molecule has 0 aliphatic heterocycles. The number of aryl methyl sites for hydroxylation is 1. The summed E-state index contributed by atoms with van der Waals surface area (Å²) < 4.78 is 5.65. The van der Waals surface area contributed by atoms with Crippen LogP contribution < -0.4 is 10.1 Å². The molecule has 1 atom stereocenters. The van der Waals surface area contributed by atoms with Gasteiger partial charge in [-0.1, -0.05) is 41.9 Å². The molecule has 1 N–H and O–H groups in total. The van der Waals surface area contributed by atoms with Gasteiger partial charge >= 0.3 is 0 Å². The maximum absolute atomic E-state index is 6.09. The molecule has 2 aromatic carbocycles. The highest BCUT2D eigenvalue weighted by Crippen LogP contribution is 2.23. The van der Waals surface area contributed by atoms with Gasteiger partial charge in [0.15, 0.2) is 0 Å². The van der Waals surface area contributed by atoms with Crippen LogP contribution in [0.3, 0.4) is 0 Å². The highest BCUT2D eigenvalue weighted by atomic mass is 35.5. The Bertz CT molecular complexity index is 571. The molecule has 2 aromatic rings. The average Bonchev–Trinajstić information content (AvgIpc) is 2.54. The normalized spacial score (nSPS) is 12.1. The van der Waals surface area contributed by atoms with E-state index >= 15 is 0 Å². The minimum Gasteiger partial charge on any atom is -0.494 e. The van der Waals surface area contributed by atoms with Crippen LogP contribution in [0, 0.1) is 0 Å². The van der Waals surface area contributed by atoms with Gasteiger partial charge in [0.2, 0.25) is 0 Å². The van der Waals surface area contributed by atoms with Crippen molar-refractivity contribution >= 4 is 11.6 Å². The fraction of sp³-hybridized carbons (Fsp3) is 0.368. The Hall–Kier alpha value is -1.51. The first kappa shape index (κ1) is 16.9. The Kier molecular flexibility index (Phi) is 6.75. The van der Waals surface area contributed by atoms with E-state index in [1.807, 2.05) is 25.1 Å². The van der Waals surface area contributed by atoms with Crippen molar-refractivity contribution in [2.45, 2.75) is 39.3 Å². The summed E-state index contributed by atoms with van der Waals surface area (Å²) in [6, 6.07) is 16.8. The summed E-state index contributed by atoms with van der Waals surface area (Å²) in [6.07, 6.45) is 2.19. The molecule has 22 heavy (non-hydrogen) atoms. The summed E-state index contributed by atoms with van der Waals surface area (Å²) in [5, 5.41) is 4.30. The molecule has 0 radical (unpaired) electrons. The monoisotopic (exact) mass is 317 g/mol. The zero-order chi connectivity index (χ0) is 15.8. The number of ether oxygens (including phenoxy) is 1. The number of benzene rings is 2. The fourth-order valence-electron chi connectivity index (χ4n) is 2.40. The van der Waals surface area contributed by atoms with Crippen molar-refractivity contribution in [2.24, 2.45) is 0 Å². The second-order valence-electron chi connectivity index (χ2n) is 5.49. The van der Waals surface area contributed by atoms with Crippen LogP contribution in [0.1, 0.15) is 31.4 Å². The molecule has 3 heteroatoms. The average molecular weight is 318 g/mol. The van der Waals surface area contributed by atoms with Crippen LogP contribution in [0.15, 0.2) is 48.5 Å². The molecule has 0 bridgehead atoms. The van der Waals surface area contributed by atoms with Gasteiger partial charge < -0.3 is 10.1 Å². The van der Waals surface area contributed by atoms with Gasteiger partial charge in [0.1, 0.15) is 5.75 Å². The summed E-state index contributed by atoms with van der Waals surface area (Å²) in [7, 11) is 0. The van der Waals surface area contributed by atoms with Gasteiger partial charge in [-0.15, -0.1) is 0 Å². The van der Waals surface area contributed by atoms with Crippen LogP contribution in [0.25, 0.3) is 0 Å². The molecule has 118 valence electrons. The van der Waals surface area contributed by atoms with E-state index in [1.54, 1.807) is 0 Å². The van der Waals surface area contributed by atoms with E-state index in [1.165, 1.54) is 5.56 Å². The first-order valence-corrected chi connectivity index (χ1v) is 8.25. The summed E-state index contributed by atoms with van der Waals surface area (Å²) in [4.78, 5) is 0. The summed E-state index contributed by atoms with van der Waals surface area (Å²) >= 11 is 6.09. The van der Waals surface area contributed by atoms with Crippen molar-refractivity contribution < 1.29 is 4.74 Å². The standard InChI is InChI=1S/C19H24ClNO/c1-3-22-19-12-11-18(20)13-17(19)14-21-15(2)9-10-16-7-5-4-6-8-16/h4-8,11-13,15,21H,3,9-10,14H2,1-2H3/t15-/m0/s1. The molecule has 2 rings (SSSR count). The van der Waals surface area contributed by atoms with E-state index in [0.717, 1.165) is 35.7 Å². The molecule has 0 aromatic heterocycles. The van der Waals surface area contributed by atoms with Gasteiger partial charge in [0.25, 0.3) is 0 Å². The molecule has 0 fully saturated rings. The molecule has 2 nitrogen and oxygen atoms in total. The zero-order valence-corrected chi connectivity index (χ0v) is 14.1. The lowest BCUT2D eigenvalue weighted by Crippen LogP contribution is -2.26. The Balaban J connectivity index is 1.85. The van der Waals surface area contributed by atoms with Gasteiger partial charge in [-0.05, 0) is 50.5 Å². The van der Waals surface area contributed by atoms with Crippen molar-refractivity contribution in [3.8, 4) is 5.75 Å². The Morgan fingerprint density at radius 2 is 1.91 bits per heavy atom. The smallest absolute Gasteiger partial charge is 0.123 e. The van der Waals surface area contributed by atoms with Crippen LogP contribution in [0.5, 0.6) is 5.75 Å². The van der Waals surface area contributed by atoms with Gasteiger partial charge in [0, 0.05) is 23.2 Å². The minimum absolute atomic E-state index is 0.439. The molecule has 0 heterocycles. The number of hydrogen-bond acceptors (Lipinski definition) is 2. The zero-order valence-electron chi connectivity index (χ0n) is 13.3. The molecular formula is C19H24ClNO. The maximum Gasteiger partial charge on any atom is 0.123 e. The molecule has 0 saturated carbocycles. The molecule has 0 saturated heterocycles. The number of halogens is 1. The van der Waals surface area contributed by atoms with E-state index in [0.29, 0.717) is 12.6 Å². The number of rotatable bonds is 8. The topological polar surface area (TPSA) is 21.3 Å². The minimum atomic E-state index is 0.439. The third-order valence-electron chi connectivity index (χ3n) is 3.67. The van der Waals surface area contributed by atoms with Crippen LogP contribution in [-0.4, -0.2) is 12.6 Å². The van der Waals surface area contributed by atoms with Gasteiger partial charge in [0.05, 0.1) is 6.61 Å². The van der Waals surface area contributed by atoms with Crippen LogP contribution >= 0.6 is 11.6 Å². The second-order valence-corrected chi connectivity index (χ2v) is 5.93. The van der Waals surface area contributed by atoms with E-state index < -0.39 is 0 Å². The van der Waals surface area contributed by atoms with E-state index in [9.17, 15) is 0 Å². The summed E-state index contributed by atoms with van der Waals surface area (Å²) in [6.45, 7) is 5.65. The van der Waals surface area contributed by atoms with Gasteiger partial charge in [-0.2, -0.15) is 0 Å². The van der Waals surface area contributed by atoms with Crippen molar-refractivity contribution in [1.29, 1.82) is 0 Å². The van der Waals surface area contributed by atoms with Crippen molar-refractivity contribution in [1.82, 2.24) is 5.32 Å². The number of hydrogen-bond donors (Lipinski definition) is 1. The first-order chi connectivity index (χ1) is 10.7.